The van der Waals surface area contributed by atoms with E-state index in [0.717, 1.165) is 11.1 Å². The molecule has 2 heterocycles. The highest BCUT2D eigenvalue weighted by Crippen LogP contribution is 2.56. The van der Waals surface area contributed by atoms with Gasteiger partial charge in [0, 0.05) is 22.1 Å². The maximum Gasteiger partial charge on any atom is 0.259 e. The van der Waals surface area contributed by atoms with Gasteiger partial charge in [0.2, 0.25) is 0 Å². The van der Waals surface area contributed by atoms with Crippen LogP contribution in [-0.4, -0.2) is 17.2 Å². The Labute approximate surface area is 187 Å². The average molecular weight is 426 g/mol. The molecule has 0 N–H and O–H groups in total. The fourth-order valence-electron chi connectivity index (χ4n) is 5.44. The summed E-state index contributed by atoms with van der Waals surface area (Å²) in [6.45, 7) is 6.17. The first-order valence-corrected chi connectivity index (χ1v) is 10.8. The van der Waals surface area contributed by atoms with Gasteiger partial charge in [0.25, 0.3) is 5.91 Å². The number of carbonyl (C=O) groups excluding carboxylic acids is 2. The number of anilines is 1. The molecule has 160 valence electrons. The molecule has 0 bridgehead atoms. The predicted octanol–water partition coefficient (Wildman–Crippen LogP) is 5.93. The van der Waals surface area contributed by atoms with Crippen LogP contribution in [0.15, 0.2) is 78.9 Å². The van der Waals surface area contributed by atoms with Gasteiger partial charge in [-0.3, -0.25) is 9.59 Å². The average Bonchev–Trinajstić information content (AvgIpc) is 3.05. The maximum atomic E-state index is 14.9. The van der Waals surface area contributed by atoms with E-state index >= 15 is 0 Å². The van der Waals surface area contributed by atoms with Crippen molar-refractivity contribution in [3.63, 3.8) is 0 Å². The highest BCUT2D eigenvalue weighted by Gasteiger charge is 2.52. The molecular weight excluding hydrogens is 401 g/mol. The standard InChI is InChI=1S/C28H24FNO2/c1-27(2)17-28(3,19-12-8-5-9-13-19)23-15-20(29)14-21-22(26(32)30(27)25(21)23)16-24(31)18-10-6-4-7-11-18/h4-16H,17H2,1-3H3/b22-16+. The van der Waals surface area contributed by atoms with Crippen LogP contribution < -0.4 is 4.90 Å². The van der Waals surface area contributed by atoms with Crippen molar-refractivity contribution in [3.05, 3.63) is 107 Å². The molecule has 1 atom stereocenters. The van der Waals surface area contributed by atoms with Crippen LogP contribution in [0.4, 0.5) is 10.1 Å². The van der Waals surface area contributed by atoms with E-state index < -0.39 is 16.8 Å². The van der Waals surface area contributed by atoms with E-state index in [1.165, 1.54) is 12.1 Å². The Kier molecular flexibility index (Phi) is 4.45. The molecule has 1 unspecified atom stereocenters. The number of rotatable bonds is 3. The summed E-state index contributed by atoms with van der Waals surface area (Å²) in [5, 5.41) is 0. The first kappa shape index (κ1) is 20.4. The zero-order valence-corrected chi connectivity index (χ0v) is 18.4. The van der Waals surface area contributed by atoms with Crippen LogP contribution >= 0.6 is 0 Å². The second kappa shape index (κ2) is 6.99. The second-order valence-corrected chi connectivity index (χ2v) is 9.47. The van der Waals surface area contributed by atoms with Crippen LogP contribution in [0.25, 0.3) is 5.57 Å². The number of hydrogen-bond acceptors (Lipinski definition) is 2. The minimum absolute atomic E-state index is 0.250. The monoisotopic (exact) mass is 425 g/mol. The van der Waals surface area contributed by atoms with Crippen LogP contribution in [0, 0.1) is 5.82 Å². The van der Waals surface area contributed by atoms with Crippen LogP contribution in [-0.2, 0) is 10.2 Å². The Morgan fingerprint density at radius 1 is 0.969 bits per heavy atom. The highest BCUT2D eigenvalue weighted by molar-refractivity contribution is 6.36. The van der Waals surface area contributed by atoms with Gasteiger partial charge in [-0.15, -0.1) is 0 Å². The van der Waals surface area contributed by atoms with Gasteiger partial charge in [-0.1, -0.05) is 67.6 Å². The van der Waals surface area contributed by atoms with E-state index in [4.69, 9.17) is 0 Å². The molecule has 0 saturated heterocycles. The topological polar surface area (TPSA) is 37.4 Å². The van der Waals surface area contributed by atoms with Crippen molar-refractivity contribution in [3.8, 4) is 0 Å². The Morgan fingerprint density at radius 2 is 1.59 bits per heavy atom. The number of ketones is 1. The molecule has 3 aromatic carbocycles. The van der Waals surface area contributed by atoms with E-state index in [1.807, 2.05) is 38.1 Å². The van der Waals surface area contributed by atoms with E-state index in [1.54, 1.807) is 35.2 Å². The van der Waals surface area contributed by atoms with Crippen LogP contribution in [0.5, 0.6) is 0 Å². The smallest absolute Gasteiger partial charge is 0.259 e. The van der Waals surface area contributed by atoms with E-state index in [9.17, 15) is 14.0 Å². The zero-order chi connectivity index (χ0) is 22.7. The molecule has 0 spiro atoms. The van der Waals surface area contributed by atoms with E-state index in [-0.39, 0.29) is 17.3 Å². The third kappa shape index (κ3) is 2.94. The van der Waals surface area contributed by atoms with E-state index in [2.05, 4.69) is 19.1 Å². The van der Waals surface area contributed by atoms with Crippen LogP contribution in [0.2, 0.25) is 0 Å². The molecule has 3 nitrogen and oxygen atoms in total. The van der Waals surface area contributed by atoms with Gasteiger partial charge < -0.3 is 4.90 Å². The summed E-state index contributed by atoms with van der Waals surface area (Å²) in [4.78, 5) is 28.3. The van der Waals surface area contributed by atoms with Gasteiger partial charge in [0.1, 0.15) is 5.82 Å². The lowest BCUT2D eigenvalue weighted by Gasteiger charge is -2.49. The van der Waals surface area contributed by atoms with Crippen molar-refractivity contribution in [1.82, 2.24) is 0 Å². The number of nitrogens with zero attached hydrogens (tertiary/aromatic N) is 1. The molecule has 32 heavy (non-hydrogen) atoms. The molecule has 0 saturated carbocycles. The van der Waals surface area contributed by atoms with Crippen LogP contribution in [0.3, 0.4) is 0 Å². The fourth-order valence-corrected chi connectivity index (χ4v) is 5.44. The van der Waals surface area contributed by atoms with Crippen molar-refractivity contribution < 1.29 is 14.0 Å². The third-order valence-corrected chi connectivity index (χ3v) is 6.75. The predicted molar refractivity (Wildman–Crippen MR) is 124 cm³/mol. The number of allylic oxidation sites excluding steroid dienone is 1. The Morgan fingerprint density at radius 3 is 2.25 bits per heavy atom. The van der Waals surface area contributed by atoms with Crippen molar-refractivity contribution in [1.29, 1.82) is 0 Å². The summed E-state index contributed by atoms with van der Waals surface area (Å²) in [5.41, 5.74) is 2.80. The Balaban J connectivity index is 1.75. The molecule has 4 heteroatoms. The van der Waals surface area contributed by atoms with Gasteiger partial charge in [0.05, 0.1) is 11.3 Å². The molecule has 0 fully saturated rings. The molecule has 3 aromatic rings. The number of hydrogen-bond donors (Lipinski definition) is 0. The van der Waals surface area contributed by atoms with Crippen molar-refractivity contribution >= 4 is 23.0 Å². The van der Waals surface area contributed by atoms with E-state index in [0.29, 0.717) is 23.2 Å². The van der Waals surface area contributed by atoms with Crippen molar-refractivity contribution in [2.24, 2.45) is 0 Å². The molecule has 0 aromatic heterocycles. The number of benzene rings is 3. The van der Waals surface area contributed by atoms with Gasteiger partial charge in [-0.25, -0.2) is 4.39 Å². The summed E-state index contributed by atoms with van der Waals surface area (Å²) in [5.74, 6) is -0.931. The van der Waals surface area contributed by atoms with Crippen LogP contribution in [0.1, 0.15) is 54.2 Å². The summed E-state index contributed by atoms with van der Waals surface area (Å²) in [6, 6.07) is 21.8. The Bertz CT molecular complexity index is 1280. The number of carbonyl (C=O) groups is 2. The Hall–Kier alpha value is -3.53. The lowest BCUT2D eigenvalue weighted by molar-refractivity contribution is -0.114. The molecule has 5 rings (SSSR count). The third-order valence-electron chi connectivity index (χ3n) is 6.75. The molecule has 0 aliphatic carbocycles. The summed E-state index contributed by atoms with van der Waals surface area (Å²) >= 11 is 0. The summed E-state index contributed by atoms with van der Waals surface area (Å²) in [6.07, 6.45) is 1.99. The van der Waals surface area contributed by atoms with Crippen molar-refractivity contribution in [2.75, 3.05) is 4.90 Å². The largest absolute Gasteiger partial charge is 0.302 e. The fraction of sp³-hybridized carbons (Fsp3) is 0.214. The molecule has 1 amide bonds. The maximum absolute atomic E-state index is 14.9. The first-order valence-electron chi connectivity index (χ1n) is 10.8. The molecule has 2 aliphatic heterocycles. The van der Waals surface area contributed by atoms with Gasteiger partial charge >= 0.3 is 0 Å². The number of amides is 1. The minimum atomic E-state index is -0.521. The minimum Gasteiger partial charge on any atom is -0.302 e. The lowest BCUT2D eigenvalue weighted by atomic mass is 9.65. The SMILES string of the molecule is CC1(c2ccccc2)CC(C)(C)N2C(=O)/C(=C/C(=O)c3ccccc3)c3cc(F)cc1c32. The molecule has 2 aliphatic rings. The first-order chi connectivity index (χ1) is 15.2. The molecule has 0 radical (unpaired) electrons. The normalized spacial score (nSPS) is 22.2. The molecular formula is C28H24FNO2. The summed E-state index contributed by atoms with van der Waals surface area (Å²) in [7, 11) is 0. The second-order valence-electron chi connectivity index (χ2n) is 9.47. The van der Waals surface area contributed by atoms with Gasteiger partial charge in [-0.05, 0) is 49.6 Å². The number of halogens is 1. The lowest BCUT2D eigenvalue weighted by Crippen LogP contribution is -2.54. The van der Waals surface area contributed by atoms with Crippen molar-refractivity contribution in [2.45, 2.75) is 38.1 Å². The van der Waals surface area contributed by atoms with Gasteiger partial charge in [-0.2, -0.15) is 0 Å². The highest BCUT2D eigenvalue weighted by atomic mass is 19.1. The van der Waals surface area contributed by atoms with Gasteiger partial charge in [0.15, 0.2) is 5.78 Å². The zero-order valence-electron chi connectivity index (χ0n) is 18.4. The summed E-state index contributed by atoms with van der Waals surface area (Å²) < 4.78 is 14.9. The quantitative estimate of drug-likeness (QED) is 0.385.